The van der Waals surface area contributed by atoms with Crippen LogP contribution < -0.4 is 0 Å². The number of rotatable bonds is 7. The van der Waals surface area contributed by atoms with Crippen molar-refractivity contribution in [2.75, 3.05) is 32.7 Å². The maximum absolute atomic E-state index is 11.4. The molecule has 0 aromatic heterocycles. The zero-order valence-electron chi connectivity index (χ0n) is 10.9. The molecule has 0 atom stereocenters. The second-order valence-electron chi connectivity index (χ2n) is 4.76. The van der Waals surface area contributed by atoms with E-state index in [2.05, 4.69) is 11.8 Å². The second kappa shape index (κ2) is 7.66. The van der Waals surface area contributed by atoms with E-state index < -0.39 is 0 Å². The van der Waals surface area contributed by atoms with Crippen molar-refractivity contribution >= 4 is 5.91 Å². The Bertz CT molecular complexity index is 200. The fourth-order valence-corrected chi connectivity index (χ4v) is 2.27. The van der Waals surface area contributed by atoms with Crippen molar-refractivity contribution in [1.29, 1.82) is 0 Å². The molecule has 1 heterocycles. The fourth-order valence-electron chi connectivity index (χ4n) is 2.27. The predicted molar refractivity (Wildman–Crippen MR) is 67.5 cm³/mol. The van der Waals surface area contributed by atoms with Gasteiger partial charge in [0.25, 0.3) is 0 Å². The molecule has 3 nitrogen and oxygen atoms in total. The summed E-state index contributed by atoms with van der Waals surface area (Å²) in [5.74, 6) is 0.231. The van der Waals surface area contributed by atoms with Crippen LogP contribution in [0.3, 0.4) is 0 Å². The summed E-state index contributed by atoms with van der Waals surface area (Å²) in [7, 11) is 0. The zero-order chi connectivity index (χ0) is 11.8. The van der Waals surface area contributed by atoms with E-state index >= 15 is 0 Å². The van der Waals surface area contributed by atoms with E-state index in [-0.39, 0.29) is 5.91 Å². The smallest absolute Gasteiger partial charge is 0.219 e. The lowest BCUT2D eigenvalue weighted by molar-refractivity contribution is -0.129. The summed E-state index contributed by atoms with van der Waals surface area (Å²) in [5.41, 5.74) is 0. The highest BCUT2D eigenvalue weighted by molar-refractivity contribution is 5.73. The number of carbonyl (C=O) groups excluding carboxylic acids is 1. The maximum atomic E-state index is 11.4. The Kier molecular flexibility index (Phi) is 6.46. The topological polar surface area (TPSA) is 23.6 Å². The predicted octanol–water partition coefficient (Wildman–Crippen LogP) is 2.12. The Morgan fingerprint density at radius 2 is 1.81 bits per heavy atom. The van der Waals surface area contributed by atoms with Crippen molar-refractivity contribution in [2.45, 2.75) is 46.0 Å². The molecule has 0 aromatic carbocycles. The van der Waals surface area contributed by atoms with E-state index in [1.165, 1.54) is 25.9 Å². The summed E-state index contributed by atoms with van der Waals surface area (Å²) in [6.45, 7) is 9.41. The molecule has 0 aliphatic carbocycles. The average Bonchev–Trinajstić information content (AvgIpc) is 2.75. The van der Waals surface area contributed by atoms with Gasteiger partial charge in [-0.2, -0.15) is 0 Å². The van der Waals surface area contributed by atoms with Crippen LogP contribution in [0.25, 0.3) is 0 Å². The SMILES string of the molecule is CCCCN(CCCN1CCCC1)C(C)=O. The van der Waals surface area contributed by atoms with Gasteiger partial charge in [-0.1, -0.05) is 13.3 Å². The number of nitrogens with zero attached hydrogens (tertiary/aromatic N) is 2. The van der Waals surface area contributed by atoms with Crippen LogP contribution in [0.1, 0.15) is 46.0 Å². The molecule has 0 bridgehead atoms. The van der Waals surface area contributed by atoms with Gasteiger partial charge in [0.05, 0.1) is 0 Å². The van der Waals surface area contributed by atoms with Crippen LogP contribution in [-0.2, 0) is 4.79 Å². The van der Waals surface area contributed by atoms with Gasteiger partial charge in [0.15, 0.2) is 0 Å². The molecule has 1 amide bonds. The first-order valence-corrected chi connectivity index (χ1v) is 6.72. The summed E-state index contributed by atoms with van der Waals surface area (Å²) in [4.78, 5) is 15.9. The van der Waals surface area contributed by atoms with Crippen LogP contribution in [0.2, 0.25) is 0 Å². The molecule has 16 heavy (non-hydrogen) atoms. The second-order valence-corrected chi connectivity index (χ2v) is 4.76. The molecule has 0 radical (unpaired) electrons. The van der Waals surface area contributed by atoms with Gasteiger partial charge in [-0.3, -0.25) is 4.79 Å². The Balaban J connectivity index is 2.13. The largest absolute Gasteiger partial charge is 0.343 e. The summed E-state index contributed by atoms with van der Waals surface area (Å²) in [5, 5.41) is 0. The highest BCUT2D eigenvalue weighted by Crippen LogP contribution is 2.08. The molecule has 0 N–H and O–H groups in total. The third-order valence-electron chi connectivity index (χ3n) is 3.33. The number of carbonyl (C=O) groups is 1. The van der Waals surface area contributed by atoms with E-state index in [0.717, 1.165) is 38.9 Å². The first kappa shape index (κ1) is 13.5. The number of hydrogen-bond acceptors (Lipinski definition) is 2. The molecule has 0 unspecified atom stereocenters. The van der Waals surface area contributed by atoms with Crippen LogP contribution in [0.15, 0.2) is 0 Å². The van der Waals surface area contributed by atoms with Crippen LogP contribution >= 0.6 is 0 Å². The molecule has 1 fully saturated rings. The third kappa shape index (κ3) is 4.97. The van der Waals surface area contributed by atoms with E-state index in [0.29, 0.717) is 0 Å². The van der Waals surface area contributed by atoms with Crippen molar-refractivity contribution in [1.82, 2.24) is 9.80 Å². The normalized spacial score (nSPS) is 16.6. The zero-order valence-corrected chi connectivity index (χ0v) is 10.9. The number of amides is 1. The number of hydrogen-bond donors (Lipinski definition) is 0. The van der Waals surface area contributed by atoms with E-state index in [9.17, 15) is 4.79 Å². The molecule has 3 heteroatoms. The molecule has 1 saturated heterocycles. The van der Waals surface area contributed by atoms with E-state index in [1.807, 2.05) is 4.90 Å². The van der Waals surface area contributed by atoms with Crippen LogP contribution in [0.5, 0.6) is 0 Å². The number of unbranched alkanes of at least 4 members (excludes halogenated alkanes) is 1. The third-order valence-corrected chi connectivity index (χ3v) is 3.33. The minimum atomic E-state index is 0.231. The van der Waals surface area contributed by atoms with Crippen molar-refractivity contribution in [2.24, 2.45) is 0 Å². The first-order valence-electron chi connectivity index (χ1n) is 6.72. The van der Waals surface area contributed by atoms with Crippen LogP contribution in [-0.4, -0.2) is 48.4 Å². The lowest BCUT2D eigenvalue weighted by Gasteiger charge is -2.22. The van der Waals surface area contributed by atoms with Gasteiger partial charge >= 0.3 is 0 Å². The summed E-state index contributed by atoms with van der Waals surface area (Å²) < 4.78 is 0. The van der Waals surface area contributed by atoms with Crippen LogP contribution in [0.4, 0.5) is 0 Å². The molecule has 1 aliphatic rings. The van der Waals surface area contributed by atoms with Gasteiger partial charge < -0.3 is 9.80 Å². The van der Waals surface area contributed by atoms with Crippen LogP contribution in [0, 0.1) is 0 Å². The molecule has 0 saturated carbocycles. The van der Waals surface area contributed by atoms with Gasteiger partial charge in [0.1, 0.15) is 0 Å². The standard InChI is InChI=1S/C13H26N2O/c1-3-4-11-15(13(2)16)12-7-10-14-8-5-6-9-14/h3-12H2,1-2H3. The Morgan fingerprint density at radius 3 is 2.38 bits per heavy atom. The summed E-state index contributed by atoms with van der Waals surface area (Å²) in [6, 6.07) is 0. The molecular weight excluding hydrogens is 200 g/mol. The van der Waals surface area contributed by atoms with Gasteiger partial charge in [0.2, 0.25) is 5.91 Å². The molecular formula is C13H26N2O. The highest BCUT2D eigenvalue weighted by atomic mass is 16.2. The van der Waals surface area contributed by atoms with E-state index in [1.54, 1.807) is 6.92 Å². The van der Waals surface area contributed by atoms with Crippen molar-refractivity contribution in [3.8, 4) is 0 Å². The van der Waals surface area contributed by atoms with Crippen molar-refractivity contribution < 1.29 is 4.79 Å². The van der Waals surface area contributed by atoms with Gasteiger partial charge in [-0.15, -0.1) is 0 Å². The minimum absolute atomic E-state index is 0.231. The monoisotopic (exact) mass is 226 g/mol. The molecule has 1 rings (SSSR count). The molecule has 0 spiro atoms. The number of likely N-dealkylation sites (tertiary alicyclic amines) is 1. The average molecular weight is 226 g/mol. The van der Waals surface area contributed by atoms with E-state index in [4.69, 9.17) is 0 Å². The quantitative estimate of drug-likeness (QED) is 0.664. The maximum Gasteiger partial charge on any atom is 0.219 e. The fraction of sp³-hybridized carbons (Fsp3) is 0.923. The molecule has 1 aliphatic heterocycles. The minimum Gasteiger partial charge on any atom is -0.343 e. The lowest BCUT2D eigenvalue weighted by atomic mass is 10.3. The Labute approximate surface area is 99.8 Å². The van der Waals surface area contributed by atoms with Crippen molar-refractivity contribution in [3.05, 3.63) is 0 Å². The van der Waals surface area contributed by atoms with Crippen molar-refractivity contribution in [3.63, 3.8) is 0 Å². The molecule has 0 aromatic rings. The lowest BCUT2D eigenvalue weighted by Crippen LogP contribution is -2.33. The first-order chi connectivity index (χ1) is 7.74. The highest BCUT2D eigenvalue weighted by Gasteiger charge is 2.12. The summed E-state index contributed by atoms with van der Waals surface area (Å²) >= 11 is 0. The Morgan fingerprint density at radius 1 is 1.19 bits per heavy atom. The summed E-state index contributed by atoms with van der Waals surface area (Å²) in [6.07, 6.45) is 6.13. The van der Waals surface area contributed by atoms with Gasteiger partial charge in [-0.25, -0.2) is 0 Å². The van der Waals surface area contributed by atoms with Gasteiger partial charge in [0, 0.05) is 20.0 Å². The molecule has 94 valence electrons. The Hall–Kier alpha value is -0.570. The van der Waals surface area contributed by atoms with Gasteiger partial charge in [-0.05, 0) is 45.3 Å².